The number of likely N-dealkylation sites (tertiary alicyclic amines) is 1. The van der Waals surface area contributed by atoms with Crippen molar-refractivity contribution in [3.8, 4) is 0 Å². The average Bonchev–Trinajstić information content (AvgIpc) is 2.80. The third-order valence-electron chi connectivity index (χ3n) is 7.21. The zero-order valence-electron chi connectivity index (χ0n) is 17.8. The zero-order valence-corrected chi connectivity index (χ0v) is 18.6. The summed E-state index contributed by atoms with van der Waals surface area (Å²) >= 11 is 6.00. The van der Waals surface area contributed by atoms with Crippen molar-refractivity contribution in [1.82, 2.24) is 9.47 Å². The Morgan fingerprint density at radius 1 is 0.935 bits per heavy atom. The largest absolute Gasteiger partial charge is 0.341 e. The highest BCUT2D eigenvalue weighted by atomic mass is 35.5. The van der Waals surface area contributed by atoms with E-state index in [0.717, 1.165) is 54.2 Å². The maximum atomic E-state index is 13.2. The minimum absolute atomic E-state index is 0.0698. The number of nitrogens with zero attached hydrogens (tertiary/aromatic N) is 2. The van der Waals surface area contributed by atoms with E-state index in [9.17, 15) is 9.59 Å². The van der Waals surface area contributed by atoms with Gasteiger partial charge in [0.15, 0.2) is 0 Å². The van der Waals surface area contributed by atoms with Crippen LogP contribution in [-0.4, -0.2) is 28.5 Å². The Balaban J connectivity index is 1.43. The Labute approximate surface area is 188 Å². The first-order valence-electron chi connectivity index (χ1n) is 11.5. The highest BCUT2D eigenvalue weighted by molar-refractivity contribution is 6.30. The molecule has 162 valence electrons. The minimum atomic E-state index is 0.0698. The van der Waals surface area contributed by atoms with Crippen LogP contribution in [0.5, 0.6) is 0 Å². The van der Waals surface area contributed by atoms with Crippen molar-refractivity contribution >= 4 is 29.7 Å². The summed E-state index contributed by atoms with van der Waals surface area (Å²) in [6, 6.07) is 11.3. The first-order chi connectivity index (χ1) is 15.1. The fraction of sp³-hybridized carbons (Fsp3) is 0.462. The summed E-state index contributed by atoms with van der Waals surface area (Å²) < 4.78 is 1.96. The zero-order chi connectivity index (χ0) is 21.4. The molecule has 0 radical (unpaired) electrons. The Bertz CT molecular complexity index is 1050. The lowest BCUT2D eigenvalue weighted by Crippen LogP contribution is -2.51. The summed E-state index contributed by atoms with van der Waals surface area (Å²) in [5, 5.41) is 0.719. The molecule has 1 saturated heterocycles. The molecule has 2 fully saturated rings. The number of halogens is 1. The summed E-state index contributed by atoms with van der Waals surface area (Å²) in [4.78, 5) is 28.0. The van der Waals surface area contributed by atoms with Crippen LogP contribution in [0, 0.1) is 11.8 Å². The standard InChI is InChI=1S/C26H29ClN2O2/c27-23-11-7-18(8-12-23)6-9-20-10-13-24(30)29-16-19-14-22(25(20)29)17-28(15-19)26(31)21-4-2-1-3-5-21/h6-13,19,21-22H,1-5,14-17H2/b9-6+/t19-,22+/m0/s1. The summed E-state index contributed by atoms with van der Waals surface area (Å²) in [5.74, 6) is 1.14. The van der Waals surface area contributed by atoms with Gasteiger partial charge < -0.3 is 9.47 Å². The molecule has 3 aliphatic rings. The van der Waals surface area contributed by atoms with Gasteiger partial charge in [0.05, 0.1) is 0 Å². The van der Waals surface area contributed by atoms with E-state index in [2.05, 4.69) is 17.1 Å². The second kappa shape index (κ2) is 8.66. The number of carbonyl (C=O) groups excluding carboxylic acids is 1. The molecule has 0 unspecified atom stereocenters. The van der Waals surface area contributed by atoms with Gasteiger partial charge in [-0.1, -0.05) is 55.1 Å². The first-order valence-corrected chi connectivity index (χ1v) is 11.9. The van der Waals surface area contributed by atoms with E-state index >= 15 is 0 Å². The smallest absolute Gasteiger partial charge is 0.250 e. The van der Waals surface area contributed by atoms with Crippen LogP contribution in [0.2, 0.25) is 5.02 Å². The van der Waals surface area contributed by atoms with Crippen molar-refractivity contribution in [1.29, 1.82) is 0 Å². The molecule has 2 atom stereocenters. The minimum Gasteiger partial charge on any atom is -0.341 e. The molecule has 5 rings (SSSR count). The predicted octanol–water partition coefficient (Wildman–Crippen LogP) is 5.20. The van der Waals surface area contributed by atoms with E-state index < -0.39 is 0 Å². The molecule has 31 heavy (non-hydrogen) atoms. The van der Waals surface area contributed by atoms with Gasteiger partial charge in [-0.3, -0.25) is 9.59 Å². The second-order valence-electron chi connectivity index (χ2n) is 9.38. The van der Waals surface area contributed by atoms with Crippen LogP contribution in [0.25, 0.3) is 12.2 Å². The Morgan fingerprint density at radius 2 is 1.71 bits per heavy atom. The van der Waals surface area contributed by atoms with Crippen molar-refractivity contribution in [2.24, 2.45) is 11.8 Å². The van der Waals surface area contributed by atoms with Crippen LogP contribution in [0.1, 0.15) is 61.3 Å². The number of amides is 1. The lowest BCUT2D eigenvalue weighted by Gasteiger charge is -2.44. The van der Waals surface area contributed by atoms with Crippen molar-refractivity contribution in [2.75, 3.05) is 13.1 Å². The summed E-state index contributed by atoms with van der Waals surface area (Å²) in [7, 11) is 0. The van der Waals surface area contributed by atoms with Gasteiger partial charge in [-0.2, -0.15) is 0 Å². The third kappa shape index (κ3) is 4.23. The van der Waals surface area contributed by atoms with E-state index in [1.165, 1.54) is 19.3 Å². The van der Waals surface area contributed by atoms with Crippen LogP contribution < -0.4 is 5.56 Å². The van der Waals surface area contributed by atoms with Gasteiger partial charge in [0.25, 0.3) is 5.56 Å². The molecule has 1 aromatic carbocycles. The predicted molar refractivity (Wildman–Crippen MR) is 125 cm³/mol. The molecule has 2 aliphatic heterocycles. The molecular weight excluding hydrogens is 408 g/mol. The van der Waals surface area contributed by atoms with Crippen LogP contribution in [-0.2, 0) is 11.3 Å². The van der Waals surface area contributed by atoms with E-state index in [4.69, 9.17) is 11.6 Å². The van der Waals surface area contributed by atoms with Crippen molar-refractivity contribution in [3.05, 3.63) is 68.6 Å². The van der Waals surface area contributed by atoms with E-state index in [1.807, 2.05) is 34.9 Å². The van der Waals surface area contributed by atoms with Crippen LogP contribution in [0.3, 0.4) is 0 Å². The molecule has 2 bridgehead atoms. The summed E-state index contributed by atoms with van der Waals surface area (Å²) in [6.07, 6.45) is 10.9. The van der Waals surface area contributed by atoms with Gasteiger partial charge in [-0.15, -0.1) is 0 Å². The summed E-state index contributed by atoms with van der Waals surface area (Å²) in [6.45, 7) is 2.24. The Kier molecular flexibility index (Phi) is 5.75. The topological polar surface area (TPSA) is 42.3 Å². The van der Waals surface area contributed by atoms with Crippen molar-refractivity contribution < 1.29 is 4.79 Å². The number of aromatic nitrogens is 1. The Hall–Kier alpha value is -2.33. The molecule has 0 N–H and O–H groups in total. The SMILES string of the molecule is O=C(C1CCCCC1)N1C[C@@H]2C[C@H](C1)c1c(/C=C/c3ccc(Cl)cc3)ccc(=O)n1C2. The number of hydrogen-bond acceptors (Lipinski definition) is 2. The number of pyridine rings is 1. The number of hydrogen-bond donors (Lipinski definition) is 0. The fourth-order valence-corrected chi connectivity index (χ4v) is 5.86. The lowest BCUT2D eigenvalue weighted by atomic mass is 9.80. The van der Waals surface area contributed by atoms with Gasteiger partial charge in [-0.25, -0.2) is 0 Å². The fourth-order valence-electron chi connectivity index (χ4n) is 5.74. The number of carbonyl (C=O) groups is 1. The van der Waals surface area contributed by atoms with Crippen molar-refractivity contribution in [2.45, 2.75) is 51.0 Å². The first kappa shape index (κ1) is 20.6. The van der Waals surface area contributed by atoms with Crippen LogP contribution in [0.4, 0.5) is 0 Å². The van der Waals surface area contributed by atoms with Gasteiger partial charge >= 0.3 is 0 Å². The van der Waals surface area contributed by atoms with Crippen LogP contribution >= 0.6 is 11.6 Å². The number of benzene rings is 1. The molecule has 1 aromatic heterocycles. The quantitative estimate of drug-likeness (QED) is 0.663. The number of rotatable bonds is 3. The highest BCUT2D eigenvalue weighted by Gasteiger charge is 2.39. The molecule has 2 aromatic rings. The summed E-state index contributed by atoms with van der Waals surface area (Å²) in [5.41, 5.74) is 3.31. The van der Waals surface area contributed by atoms with E-state index in [-0.39, 0.29) is 17.4 Å². The maximum absolute atomic E-state index is 13.2. The molecule has 1 aliphatic carbocycles. The number of piperidine rings is 1. The molecular formula is C26H29ClN2O2. The third-order valence-corrected chi connectivity index (χ3v) is 7.47. The average molecular weight is 437 g/mol. The normalized spacial score (nSPS) is 23.7. The van der Waals surface area contributed by atoms with E-state index in [0.29, 0.717) is 18.4 Å². The van der Waals surface area contributed by atoms with Gasteiger partial charge in [0, 0.05) is 48.3 Å². The molecule has 1 saturated carbocycles. The molecule has 4 nitrogen and oxygen atoms in total. The van der Waals surface area contributed by atoms with Crippen LogP contribution in [0.15, 0.2) is 41.2 Å². The number of fused-ring (bicyclic) bond motifs is 4. The van der Waals surface area contributed by atoms with E-state index in [1.54, 1.807) is 6.07 Å². The molecule has 5 heteroatoms. The maximum Gasteiger partial charge on any atom is 0.250 e. The highest BCUT2D eigenvalue weighted by Crippen LogP contribution is 2.38. The molecule has 1 amide bonds. The lowest BCUT2D eigenvalue weighted by molar-refractivity contribution is -0.139. The van der Waals surface area contributed by atoms with Gasteiger partial charge in [-0.05, 0) is 54.5 Å². The van der Waals surface area contributed by atoms with Crippen molar-refractivity contribution in [3.63, 3.8) is 0 Å². The molecule has 0 spiro atoms. The van der Waals surface area contributed by atoms with Gasteiger partial charge in [0.2, 0.25) is 5.91 Å². The second-order valence-corrected chi connectivity index (χ2v) is 9.82. The van der Waals surface area contributed by atoms with Gasteiger partial charge in [0.1, 0.15) is 0 Å². The Morgan fingerprint density at radius 3 is 2.48 bits per heavy atom. The monoisotopic (exact) mass is 436 g/mol. The molecule has 3 heterocycles.